The number of aromatic nitrogens is 4. The number of hydrogen-bond donors (Lipinski definition) is 2. The predicted octanol–water partition coefficient (Wildman–Crippen LogP) is 4.30. The van der Waals surface area contributed by atoms with E-state index in [0.29, 0.717) is 17.4 Å². The van der Waals surface area contributed by atoms with Crippen LogP contribution in [0.4, 0.5) is 5.69 Å². The molecule has 2 N–H and O–H groups in total. The van der Waals surface area contributed by atoms with Crippen molar-refractivity contribution >= 4 is 44.9 Å². The van der Waals surface area contributed by atoms with E-state index < -0.39 is 0 Å². The average Bonchev–Trinajstić information content (AvgIpc) is 3.31. The molecule has 4 aromatic rings. The van der Waals surface area contributed by atoms with Crippen LogP contribution in [0.2, 0.25) is 0 Å². The number of carbonyl (C=O) groups excluding carboxylic acids is 1. The molecular weight excluding hydrogens is 418 g/mol. The van der Waals surface area contributed by atoms with Gasteiger partial charge in [0.15, 0.2) is 5.16 Å². The topological polar surface area (TPSA) is 92.7 Å². The number of fused-ring (bicyclic) bond motifs is 1. The summed E-state index contributed by atoms with van der Waals surface area (Å²) in [5.41, 5.74) is 3.70. The lowest BCUT2D eigenvalue weighted by Gasteiger charge is -2.06. The Morgan fingerprint density at radius 2 is 2.03 bits per heavy atom. The number of aryl methyl sites for hydroxylation is 1. The van der Waals surface area contributed by atoms with E-state index >= 15 is 0 Å². The molecule has 4 rings (SSSR count). The van der Waals surface area contributed by atoms with Crippen LogP contribution >= 0.6 is 23.1 Å². The zero-order valence-corrected chi connectivity index (χ0v) is 18.3. The van der Waals surface area contributed by atoms with E-state index in [9.17, 15) is 9.59 Å². The van der Waals surface area contributed by atoms with E-state index in [-0.39, 0.29) is 17.3 Å². The van der Waals surface area contributed by atoms with Crippen molar-refractivity contribution in [3.05, 3.63) is 58.5 Å². The number of thiazole rings is 1. The fraction of sp³-hybridized carbons (Fsp3) is 0.238. The minimum atomic E-state index is -0.250. The van der Waals surface area contributed by atoms with Crippen LogP contribution in [0, 0.1) is 6.92 Å². The standard InChI is InChI=1S/C21H21N5O2S2/c1-3-10-26-20(28)24-25-21(26)29-12-18(27)22-15-7-5-14(6-8-15)19-23-16-9-4-13(2)11-17(16)30-19/h4-9,11H,3,10,12H2,1-2H3,(H,22,27)(H,24,28). The molecule has 0 unspecified atom stereocenters. The molecule has 2 heterocycles. The first-order valence-electron chi connectivity index (χ1n) is 9.59. The molecule has 154 valence electrons. The number of aromatic amines is 1. The number of carbonyl (C=O) groups is 1. The summed E-state index contributed by atoms with van der Waals surface area (Å²) in [7, 11) is 0. The maximum atomic E-state index is 12.3. The predicted molar refractivity (Wildman–Crippen MR) is 122 cm³/mol. The number of nitrogens with one attached hydrogen (secondary N) is 2. The molecule has 0 aliphatic heterocycles. The van der Waals surface area contributed by atoms with Gasteiger partial charge in [-0.2, -0.15) is 0 Å². The molecule has 0 bridgehead atoms. The van der Waals surface area contributed by atoms with Gasteiger partial charge in [-0.3, -0.25) is 9.36 Å². The first-order chi connectivity index (χ1) is 14.5. The Labute approximate surface area is 181 Å². The summed E-state index contributed by atoms with van der Waals surface area (Å²) in [5.74, 6) is 0.0224. The van der Waals surface area contributed by atoms with Crippen molar-refractivity contribution in [3.63, 3.8) is 0 Å². The number of amides is 1. The van der Waals surface area contributed by atoms with Crippen LogP contribution < -0.4 is 11.0 Å². The Morgan fingerprint density at radius 3 is 2.80 bits per heavy atom. The Morgan fingerprint density at radius 1 is 1.23 bits per heavy atom. The van der Waals surface area contributed by atoms with Crippen molar-refractivity contribution in [3.8, 4) is 10.6 Å². The van der Waals surface area contributed by atoms with Gasteiger partial charge in [-0.15, -0.1) is 16.4 Å². The summed E-state index contributed by atoms with van der Waals surface area (Å²) in [6, 6.07) is 13.9. The van der Waals surface area contributed by atoms with Gasteiger partial charge >= 0.3 is 5.69 Å². The van der Waals surface area contributed by atoms with E-state index in [2.05, 4.69) is 34.6 Å². The molecular formula is C21H21N5O2S2. The highest BCUT2D eigenvalue weighted by molar-refractivity contribution is 7.99. The van der Waals surface area contributed by atoms with E-state index in [0.717, 1.165) is 22.5 Å². The zero-order valence-electron chi connectivity index (χ0n) is 16.6. The summed E-state index contributed by atoms with van der Waals surface area (Å²) in [4.78, 5) is 28.7. The van der Waals surface area contributed by atoms with Gasteiger partial charge in [0.2, 0.25) is 5.91 Å². The normalized spacial score (nSPS) is 11.1. The Bertz CT molecular complexity index is 1240. The van der Waals surface area contributed by atoms with Crippen molar-refractivity contribution in [2.45, 2.75) is 32.0 Å². The Hall–Kier alpha value is -2.91. The van der Waals surface area contributed by atoms with Gasteiger partial charge in [0.05, 0.1) is 16.0 Å². The zero-order chi connectivity index (χ0) is 21.1. The molecule has 9 heteroatoms. The third kappa shape index (κ3) is 4.47. The van der Waals surface area contributed by atoms with Crippen LogP contribution in [-0.4, -0.2) is 31.4 Å². The van der Waals surface area contributed by atoms with E-state index in [4.69, 9.17) is 4.98 Å². The smallest absolute Gasteiger partial charge is 0.325 e. The van der Waals surface area contributed by atoms with Crippen molar-refractivity contribution < 1.29 is 4.79 Å². The van der Waals surface area contributed by atoms with Crippen LogP contribution in [-0.2, 0) is 11.3 Å². The molecule has 2 aromatic carbocycles. The van der Waals surface area contributed by atoms with Crippen molar-refractivity contribution in [1.29, 1.82) is 0 Å². The summed E-state index contributed by atoms with van der Waals surface area (Å²) in [6.07, 6.45) is 0.819. The van der Waals surface area contributed by atoms with Crippen LogP contribution in [0.5, 0.6) is 0 Å². The second-order valence-corrected chi connectivity index (χ2v) is 8.84. The Balaban J connectivity index is 1.39. The largest absolute Gasteiger partial charge is 0.343 e. The van der Waals surface area contributed by atoms with Crippen LogP contribution in [0.3, 0.4) is 0 Å². The SMILES string of the molecule is CCCn1c(SCC(=O)Nc2ccc(-c3nc4ccc(C)cc4s3)cc2)n[nH]c1=O. The molecule has 1 amide bonds. The van der Waals surface area contributed by atoms with Crippen LogP contribution in [0.1, 0.15) is 18.9 Å². The van der Waals surface area contributed by atoms with Gasteiger partial charge in [-0.25, -0.2) is 14.9 Å². The molecule has 2 aromatic heterocycles. The average molecular weight is 440 g/mol. The molecule has 0 aliphatic carbocycles. The summed E-state index contributed by atoms with van der Waals surface area (Å²) < 4.78 is 2.71. The molecule has 0 saturated heterocycles. The minimum Gasteiger partial charge on any atom is -0.325 e. The van der Waals surface area contributed by atoms with Crippen molar-refractivity contribution in [2.75, 3.05) is 11.1 Å². The minimum absolute atomic E-state index is 0.151. The van der Waals surface area contributed by atoms with Gasteiger partial charge in [0.1, 0.15) is 5.01 Å². The first-order valence-corrected chi connectivity index (χ1v) is 11.4. The Kier molecular flexibility index (Phi) is 6.01. The second-order valence-electron chi connectivity index (χ2n) is 6.87. The van der Waals surface area contributed by atoms with Crippen molar-refractivity contribution in [2.24, 2.45) is 0 Å². The first kappa shape index (κ1) is 20.4. The number of benzene rings is 2. The molecule has 0 spiro atoms. The molecule has 0 radical (unpaired) electrons. The van der Waals surface area contributed by atoms with E-state index in [1.165, 1.54) is 22.0 Å². The fourth-order valence-corrected chi connectivity index (χ4v) is 4.85. The quantitative estimate of drug-likeness (QED) is 0.419. The number of H-pyrrole nitrogens is 1. The number of rotatable bonds is 7. The van der Waals surface area contributed by atoms with E-state index in [1.807, 2.05) is 37.3 Å². The summed E-state index contributed by atoms with van der Waals surface area (Å²) in [5, 5.41) is 10.8. The number of nitrogens with zero attached hydrogens (tertiary/aromatic N) is 3. The maximum Gasteiger partial charge on any atom is 0.343 e. The maximum absolute atomic E-state index is 12.3. The lowest BCUT2D eigenvalue weighted by atomic mass is 10.2. The van der Waals surface area contributed by atoms with Crippen molar-refractivity contribution in [1.82, 2.24) is 19.7 Å². The fourth-order valence-electron chi connectivity index (χ4n) is 3.01. The summed E-state index contributed by atoms with van der Waals surface area (Å²) in [6.45, 7) is 4.63. The lowest BCUT2D eigenvalue weighted by molar-refractivity contribution is -0.113. The van der Waals surface area contributed by atoms with Gasteiger partial charge < -0.3 is 5.32 Å². The lowest BCUT2D eigenvalue weighted by Crippen LogP contribution is -2.18. The highest BCUT2D eigenvalue weighted by Gasteiger charge is 2.12. The van der Waals surface area contributed by atoms with E-state index in [1.54, 1.807) is 15.9 Å². The monoisotopic (exact) mass is 439 g/mol. The van der Waals surface area contributed by atoms with Gasteiger partial charge in [0, 0.05) is 17.8 Å². The van der Waals surface area contributed by atoms with Gasteiger partial charge in [-0.05, 0) is 55.3 Å². The van der Waals surface area contributed by atoms with Crippen LogP contribution in [0.15, 0.2) is 52.4 Å². The summed E-state index contributed by atoms with van der Waals surface area (Å²) >= 11 is 2.90. The van der Waals surface area contributed by atoms with Crippen LogP contribution in [0.25, 0.3) is 20.8 Å². The number of thioether (sulfide) groups is 1. The molecule has 0 atom stereocenters. The highest BCUT2D eigenvalue weighted by Crippen LogP contribution is 2.31. The number of anilines is 1. The third-order valence-electron chi connectivity index (χ3n) is 4.46. The molecule has 0 fully saturated rings. The highest BCUT2D eigenvalue weighted by atomic mass is 32.2. The molecule has 0 aliphatic rings. The molecule has 0 saturated carbocycles. The molecule has 30 heavy (non-hydrogen) atoms. The molecule has 7 nitrogen and oxygen atoms in total. The third-order valence-corrected chi connectivity index (χ3v) is 6.51. The second kappa shape index (κ2) is 8.85. The number of hydrogen-bond acceptors (Lipinski definition) is 6. The van der Waals surface area contributed by atoms with Gasteiger partial charge in [0.25, 0.3) is 0 Å². The van der Waals surface area contributed by atoms with Gasteiger partial charge in [-0.1, -0.05) is 24.8 Å².